The summed E-state index contributed by atoms with van der Waals surface area (Å²) in [4.78, 5) is 5.23. The van der Waals surface area contributed by atoms with Crippen LogP contribution in [0.2, 0.25) is 0 Å². The Morgan fingerprint density at radius 2 is 1.13 bits per heavy atom. The highest BCUT2D eigenvalue weighted by molar-refractivity contribution is 6.25. The minimum atomic E-state index is 0. The normalized spacial score (nSPS) is 11.3. The van der Waals surface area contributed by atoms with Gasteiger partial charge >= 0.3 is 0 Å². The predicted molar refractivity (Wildman–Crippen MR) is 193 cm³/mol. The van der Waals surface area contributed by atoms with E-state index in [1.165, 1.54) is 16.2 Å². The second kappa shape index (κ2) is 10.7. The fourth-order valence-corrected chi connectivity index (χ4v) is 6.99. The molecule has 9 aromatic rings. The average Bonchev–Trinajstić information content (AvgIpc) is 3.44. The molecule has 0 aliphatic rings. The van der Waals surface area contributed by atoms with E-state index in [1.807, 2.05) is 24.3 Å². The molecule has 0 amide bonds. The topological polar surface area (TPSA) is 41.6 Å². The predicted octanol–water partition coefficient (Wildman–Crippen LogP) is 11.5. The molecule has 46 heavy (non-hydrogen) atoms. The van der Waals surface area contributed by atoms with Crippen LogP contribution in [-0.4, -0.2) is 9.55 Å². The molecule has 2 heterocycles. The Labute approximate surface area is 267 Å². The number of nitriles is 1. The zero-order valence-electron chi connectivity index (χ0n) is 24.3. The zero-order valence-corrected chi connectivity index (χ0v) is 24.3. The van der Waals surface area contributed by atoms with Gasteiger partial charge in [-0.25, -0.2) is 4.98 Å². The van der Waals surface area contributed by atoms with Gasteiger partial charge in [0.05, 0.1) is 33.9 Å². The third kappa shape index (κ3) is 4.09. The summed E-state index contributed by atoms with van der Waals surface area (Å²) in [5.41, 5.74) is 9.30. The van der Waals surface area contributed by atoms with Crippen molar-refractivity contribution in [2.24, 2.45) is 0 Å². The van der Waals surface area contributed by atoms with Crippen LogP contribution in [0.5, 0.6) is 0 Å². The summed E-state index contributed by atoms with van der Waals surface area (Å²) in [6, 6.07) is 55.5. The average molecular weight is 588 g/mol. The summed E-state index contributed by atoms with van der Waals surface area (Å²) in [5, 5.41) is 17.9. The van der Waals surface area contributed by atoms with Gasteiger partial charge in [-0.15, -0.1) is 0 Å². The lowest BCUT2D eigenvalue weighted by Gasteiger charge is -2.16. The van der Waals surface area contributed by atoms with Gasteiger partial charge in [-0.05, 0) is 76.5 Å². The minimum Gasteiger partial charge on any atom is -0.309 e. The first-order valence-electron chi connectivity index (χ1n) is 15.1. The Balaban J connectivity index is 0.00000312. The van der Waals surface area contributed by atoms with Crippen molar-refractivity contribution in [2.45, 2.75) is 7.43 Å². The number of hydrogen-bond donors (Lipinski definition) is 0. The summed E-state index contributed by atoms with van der Waals surface area (Å²) >= 11 is 0. The van der Waals surface area contributed by atoms with Crippen LogP contribution in [0.25, 0.3) is 82.3 Å². The van der Waals surface area contributed by atoms with E-state index in [0.717, 1.165) is 66.2 Å². The van der Waals surface area contributed by atoms with E-state index in [0.29, 0.717) is 5.56 Å². The van der Waals surface area contributed by atoms with E-state index < -0.39 is 0 Å². The number of hydrogen-bond acceptors (Lipinski definition) is 2. The second-order valence-corrected chi connectivity index (χ2v) is 11.5. The van der Waals surface area contributed by atoms with E-state index in [9.17, 15) is 5.26 Å². The molecule has 0 saturated heterocycles. The Kier molecular flexibility index (Phi) is 6.37. The molecule has 0 aliphatic heterocycles. The monoisotopic (exact) mass is 587 g/mol. The highest BCUT2D eigenvalue weighted by Gasteiger charge is 2.18. The van der Waals surface area contributed by atoms with E-state index in [1.54, 1.807) is 0 Å². The second-order valence-electron chi connectivity index (χ2n) is 11.5. The Morgan fingerprint density at radius 3 is 1.89 bits per heavy atom. The third-order valence-electron chi connectivity index (χ3n) is 8.97. The van der Waals surface area contributed by atoms with Gasteiger partial charge in [-0.3, -0.25) is 0 Å². The molecule has 2 aromatic heterocycles. The van der Waals surface area contributed by atoms with E-state index in [2.05, 4.69) is 138 Å². The maximum absolute atomic E-state index is 9.78. The molecule has 0 saturated carbocycles. The maximum Gasteiger partial charge on any atom is 0.0991 e. The molecule has 0 radical (unpaired) electrons. The van der Waals surface area contributed by atoms with Crippen LogP contribution in [0, 0.1) is 11.3 Å². The maximum atomic E-state index is 9.78. The number of aromatic nitrogens is 2. The van der Waals surface area contributed by atoms with Crippen molar-refractivity contribution in [1.82, 2.24) is 9.55 Å². The van der Waals surface area contributed by atoms with Gasteiger partial charge in [-0.1, -0.05) is 104 Å². The SMILES string of the molecule is C.N#Cc1ccc2c(c1)c1cc(-c3cc4c(-c5ccccc5)nc5ccccc5c4c4ccccc34)ccc1n2-c1ccccc1. The van der Waals surface area contributed by atoms with Gasteiger partial charge in [0.2, 0.25) is 0 Å². The van der Waals surface area contributed by atoms with Crippen molar-refractivity contribution < 1.29 is 0 Å². The molecule has 7 aromatic carbocycles. The molecule has 0 unspecified atom stereocenters. The zero-order chi connectivity index (χ0) is 29.9. The molecule has 3 heteroatoms. The van der Waals surface area contributed by atoms with E-state index in [4.69, 9.17) is 4.98 Å². The van der Waals surface area contributed by atoms with Crippen LogP contribution < -0.4 is 0 Å². The molecule has 0 atom stereocenters. The van der Waals surface area contributed by atoms with Crippen molar-refractivity contribution >= 4 is 54.3 Å². The van der Waals surface area contributed by atoms with Crippen LogP contribution in [0.3, 0.4) is 0 Å². The fraction of sp³-hybridized carbons (Fsp3) is 0.0233. The molecule has 0 bridgehead atoms. The van der Waals surface area contributed by atoms with Crippen molar-refractivity contribution in [3.63, 3.8) is 0 Å². The van der Waals surface area contributed by atoms with E-state index in [-0.39, 0.29) is 7.43 Å². The Bertz CT molecular complexity index is 2640. The fourth-order valence-electron chi connectivity index (χ4n) is 6.99. The van der Waals surface area contributed by atoms with Gasteiger partial charge < -0.3 is 4.57 Å². The summed E-state index contributed by atoms with van der Waals surface area (Å²) in [6.07, 6.45) is 0. The molecule has 0 spiro atoms. The first-order valence-corrected chi connectivity index (χ1v) is 15.1. The highest BCUT2D eigenvalue weighted by Crippen LogP contribution is 2.43. The molecule has 0 fully saturated rings. The summed E-state index contributed by atoms with van der Waals surface area (Å²) in [5.74, 6) is 0. The third-order valence-corrected chi connectivity index (χ3v) is 8.97. The van der Waals surface area contributed by atoms with Crippen LogP contribution in [-0.2, 0) is 0 Å². The van der Waals surface area contributed by atoms with Crippen molar-refractivity contribution in [2.75, 3.05) is 0 Å². The lowest BCUT2D eigenvalue weighted by molar-refractivity contribution is 1.18. The molecule has 0 aliphatic carbocycles. The Morgan fingerprint density at radius 1 is 0.500 bits per heavy atom. The lowest BCUT2D eigenvalue weighted by atomic mass is 9.89. The highest BCUT2D eigenvalue weighted by atomic mass is 15.0. The van der Waals surface area contributed by atoms with Crippen LogP contribution in [0.1, 0.15) is 13.0 Å². The molecular formula is C43H29N3. The standard InChI is InChI=1S/C42H25N3.CH4/c43-26-27-19-21-39-35(23-27)36-24-29(20-22-40(36)45(39)30-13-5-2-6-14-30)34-25-37-41(32-16-8-7-15-31(32)34)33-17-9-10-18-38(33)44-42(37)28-11-3-1-4-12-28;/h1-25H;1H4. The summed E-state index contributed by atoms with van der Waals surface area (Å²) in [6.45, 7) is 0. The molecule has 9 rings (SSSR count). The molecule has 3 nitrogen and oxygen atoms in total. The first-order chi connectivity index (χ1) is 22.3. The van der Waals surface area contributed by atoms with Gasteiger partial charge in [0.15, 0.2) is 0 Å². The first kappa shape index (κ1) is 27.3. The number of fused-ring (bicyclic) bond motifs is 8. The molecular weight excluding hydrogens is 558 g/mol. The smallest absolute Gasteiger partial charge is 0.0991 e. The van der Waals surface area contributed by atoms with Crippen LogP contribution >= 0.6 is 0 Å². The molecule has 216 valence electrons. The van der Waals surface area contributed by atoms with Gasteiger partial charge in [0.1, 0.15) is 0 Å². The van der Waals surface area contributed by atoms with Crippen molar-refractivity contribution in [3.8, 4) is 34.1 Å². The number of benzene rings is 7. The lowest BCUT2D eigenvalue weighted by Crippen LogP contribution is -1.94. The molecule has 0 N–H and O–H groups in total. The number of rotatable bonds is 3. The van der Waals surface area contributed by atoms with Gasteiger partial charge in [0, 0.05) is 38.2 Å². The number of pyridine rings is 1. The van der Waals surface area contributed by atoms with Gasteiger partial charge in [-0.2, -0.15) is 5.26 Å². The Hall–Kier alpha value is -6.24. The summed E-state index contributed by atoms with van der Waals surface area (Å²) in [7, 11) is 0. The van der Waals surface area contributed by atoms with Crippen molar-refractivity contribution in [1.29, 1.82) is 5.26 Å². The number of para-hydroxylation sites is 2. The number of nitrogens with zero attached hydrogens (tertiary/aromatic N) is 3. The largest absolute Gasteiger partial charge is 0.309 e. The quantitative estimate of drug-likeness (QED) is 0.193. The van der Waals surface area contributed by atoms with Crippen LogP contribution in [0.15, 0.2) is 152 Å². The minimum absolute atomic E-state index is 0. The summed E-state index contributed by atoms with van der Waals surface area (Å²) < 4.78 is 2.29. The van der Waals surface area contributed by atoms with Gasteiger partial charge in [0.25, 0.3) is 0 Å². The van der Waals surface area contributed by atoms with Crippen molar-refractivity contribution in [3.05, 3.63) is 157 Å². The van der Waals surface area contributed by atoms with E-state index >= 15 is 0 Å². The van der Waals surface area contributed by atoms with Crippen LogP contribution in [0.4, 0.5) is 0 Å².